The second kappa shape index (κ2) is 5.36. The average molecular weight is 315 g/mol. The maximum absolute atomic E-state index is 13.4. The maximum Gasteiger partial charge on any atom is 0.224 e. The van der Waals surface area contributed by atoms with Gasteiger partial charge in [0.1, 0.15) is 5.82 Å². The first-order valence-electron chi connectivity index (χ1n) is 6.04. The monoisotopic (exact) mass is 314 g/mol. The van der Waals surface area contributed by atoms with Crippen molar-refractivity contribution in [1.29, 1.82) is 0 Å². The van der Waals surface area contributed by atoms with Crippen LogP contribution >= 0.6 is 15.9 Å². The fourth-order valence-electron chi connectivity index (χ4n) is 2.46. The number of nitrogens with zero attached hydrogens (tertiary/aromatic N) is 1. The summed E-state index contributed by atoms with van der Waals surface area (Å²) in [7, 11) is 0. The number of carbonyl (C=O) groups excluding carboxylic acids is 1. The number of amides is 1. The predicted molar refractivity (Wildman–Crippen MR) is 71.4 cm³/mol. The minimum absolute atomic E-state index is 0.0468. The van der Waals surface area contributed by atoms with Gasteiger partial charge in [-0.25, -0.2) is 4.39 Å². The summed E-state index contributed by atoms with van der Waals surface area (Å²) < 4.78 is 14.2. The molecule has 0 spiro atoms. The Kier molecular flexibility index (Phi) is 4.02. The first-order valence-corrected chi connectivity index (χ1v) is 6.84. The SMILES string of the molecule is CCCN1C(=O)CC(N)C1c1cc(F)ccc1Br. The molecule has 18 heavy (non-hydrogen) atoms. The molecule has 1 aromatic carbocycles. The molecular weight excluding hydrogens is 299 g/mol. The molecule has 1 heterocycles. The number of likely N-dealkylation sites (tertiary alicyclic amines) is 1. The molecule has 2 N–H and O–H groups in total. The van der Waals surface area contributed by atoms with Crippen LogP contribution < -0.4 is 5.73 Å². The normalized spacial score (nSPS) is 23.8. The average Bonchev–Trinajstić information content (AvgIpc) is 2.58. The van der Waals surface area contributed by atoms with Crippen molar-refractivity contribution in [2.24, 2.45) is 5.73 Å². The van der Waals surface area contributed by atoms with Crippen molar-refractivity contribution in [3.8, 4) is 0 Å². The van der Waals surface area contributed by atoms with E-state index >= 15 is 0 Å². The highest BCUT2D eigenvalue weighted by Crippen LogP contribution is 2.36. The molecule has 2 rings (SSSR count). The zero-order chi connectivity index (χ0) is 13.3. The van der Waals surface area contributed by atoms with Crippen LogP contribution in [-0.2, 0) is 4.79 Å². The molecule has 1 aromatic rings. The highest BCUT2D eigenvalue weighted by molar-refractivity contribution is 9.10. The Morgan fingerprint density at radius 1 is 1.56 bits per heavy atom. The van der Waals surface area contributed by atoms with Crippen LogP contribution in [0.1, 0.15) is 31.4 Å². The molecule has 0 radical (unpaired) electrons. The number of halogens is 2. The van der Waals surface area contributed by atoms with Crippen LogP contribution in [-0.4, -0.2) is 23.4 Å². The van der Waals surface area contributed by atoms with Crippen molar-refractivity contribution >= 4 is 21.8 Å². The molecule has 2 atom stereocenters. The van der Waals surface area contributed by atoms with E-state index in [2.05, 4.69) is 15.9 Å². The summed E-state index contributed by atoms with van der Waals surface area (Å²) in [5.74, 6) is -0.262. The van der Waals surface area contributed by atoms with Crippen LogP contribution in [0.5, 0.6) is 0 Å². The molecule has 0 saturated carbocycles. The molecule has 2 unspecified atom stereocenters. The van der Waals surface area contributed by atoms with Gasteiger partial charge in [0.25, 0.3) is 0 Å². The van der Waals surface area contributed by atoms with E-state index < -0.39 is 0 Å². The van der Waals surface area contributed by atoms with Crippen molar-refractivity contribution < 1.29 is 9.18 Å². The van der Waals surface area contributed by atoms with E-state index in [0.29, 0.717) is 13.0 Å². The molecule has 1 fully saturated rings. The van der Waals surface area contributed by atoms with Crippen molar-refractivity contribution in [2.45, 2.75) is 31.8 Å². The Balaban J connectivity index is 2.40. The van der Waals surface area contributed by atoms with Crippen LogP contribution in [0.3, 0.4) is 0 Å². The highest BCUT2D eigenvalue weighted by Gasteiger charge is 2.38. The topological polar surface area (TPSA) is 46.3 Å². The van der Waals surface area contributed by atoms with Gasteiger partial charge in [-0.2, -0.15) is 0 Å². The van der Waals surface area contributed by atoms with E-state index in [1.165, 1.54) is 12.1 Å². The van der Waals surface area contributed by atoms with Gasteiger partial charge in [0, 0.05) is 23.5 Å². The van der Waals surface area contributed by atoms with Gasteiger partial charge >= 0.3 is 0 Å². The van der Waals surface area contributed by atoms with E-state index in [-0.39, 0.29) is 23.8 Å². The van der Waals surface area contributed by atoms with Gasteiger partial charge in [0.2, 0.25) is 5.91 Å². The number of hydrogen-bond donors (Lipinski definition) is 1. The smallest absolute Gasteiger partial charge is 0.224 e. The van der Waals surface area contributed by atoms with Gasteiger partial charge in [0.05, 0.1) is 6.04 Å². The number of hydrogen-bond acceptors (Lipinski definition) is 2. The molecular formula is C13H16BrFN2O. The van der Waals surface area contributed by atoms with Crippen molar-refractivity contribution in [3.63, 3.8) is 0 Å². The molecule has 1 amide bonds. The lowest BCUT2D eigenvalue weighted by Gasteiger charge is -2.27. The Morgan fingerprint density at radius 3 is 2.94 bits per heavy atom. The molecule has 1 aliphatic rings. The van der Waals surface area contributed by atoms with E-state index in [1.54, 1.807) is 11.0 Å². The van der Waals surface area contributed by atoms with Gasteiger partial charge in [-0.3, -0.25) is 4.79 Å². The molecule has 0 aromatic heterocycles. The molecule has 0 bridgehead atoms. The lowest BCUT2D eigenvalue weighted by molar-refractivity contribution is -0.129. The van der Waals surface area contributed by atoms with Gasteiger partial charge < -0.3 is 10.6 Å². The fourth-order valence-corrected chi connectivity index (χ4v) is 2.94. The summed E-state index contributed by atoms with van der Waals surface area (Å²) in [4.78, 5) is 13.6. The zero-order valence-electron chi connectivity index (χ0n) is 10.2. The van der Waals surface area contributed by atoms with E-state index in [4.69, 9.17) is 5.73 Å². The summed E-state index contributed by atoms with van der Waals surface area (Å²) >= 11 is 3.41. The molecule has 5 heteroatoms. The highest BCUT2D eigenvalue weighted by atomic mass is 79.9. The summed E-state index contributed by atoms with van der Waals surface area (Å²) in [6, 6.07) is 3.99. The Bertz CT molecular complexity index is 466. The molecule has 3 nitrogen and oxygen atoms in total. The molecule has 1 aliphatic heterocycles. The Hall–Kier alpha value is -0.940. The van der Waals surface area contributed by atoms with Crippen LogP contribution in [0.4, 0.5) is 4.39 Å². The molecule has 98 valence electrons. The third kappa shape index (κ3) is 2.42. The zero-order valence-corrected chi connectivity index (χ0v) is 11.8. The van der Waals surface area contributed by atoms with Crippen molar-refractivity contribution in [2.75, 3.05) is 6.54 Å². The van der Waals surface area contributed by atoms with Crippen molar-refractivity contribution in [1.82, 2.24) is 4.90 Å². The van der Waals surface area contributed by atoms with Gasteiger partial charge in [-0.1, -0.05) is 22.9 Å². The van der Waals surface area contributed by atoms with Crippen LogP contribution in [0.2, 0.25) is 0 Å². The predicted octanol–water partition coefficient (Wildman–Crippen LogP) is 2.60. The lowest BCUT2D eigenvalue weighted by atomic mass is 10.0. The largest absolute Gasteiger partial charge is 0.334 e. The van der Waals surface area contributed by atoms with E-state index in [1.807, 2.05) is 6.92 Å². The minimum Gasteiger partial charge on any atom is -0.334 e. The summed E-state index contributed by atoms with van der Waals surface area (Å²) in [5, 5.41) is 0. The van der Waals surface area contributed by atoms with E-state index in [0.717, 1.165) is 16.5 Å². The van der Waals surface area contributed by atoms with Gasteiger partial charge in [0.15, 0.2) is 0 Å². The number of nitrogens with two attached hydrogens (primary N) is 1. The van der Waals surface area contributed by atoms with Crippen LogP contribution in [0, 0.1) is 5.82 Å². The molecule has 0 aliphatic carbocycles. The van der Waals surface area contributed by atoms with Crippen molar-refractivity contribution in [3.05, 3.63) is 34.1 Å². The summed E-state index contributed by atoms with van der Waals surface area (Å²) in [6.07, 6.45) is 1.19. The van der Waals surface area contributed by atoms with E-state index in [9.17, 15) is 9.18 Å². The number of benzene rings is 1. The summed E-state index contributed by atoms with van der Waals surface area (Å²) in [5.41, 5.74) is 6.79. The third-order valence-corrected chi connectivity index (χ3v) is 3.94. The summed E-state index contributed by atoms with van der Waals surface area (Å²) in [6.45, 7) is 2.66. The number of carbonyl (C=O) groups is 1. The Labute approximate surface area is 114 Å². The van der Waals surface area contributed by atoms with Crippen LogP contribution in [0.25, 0.3) is 0 Å². The lowest BCUT2D eigenvalue weighted by Crippen LogP contribution is -2.33. The quantitative estimate of drug-likeness (QED) is 0.932. The maximum atomic E-state index is 13.4. The first-order chi connectivity index (χ1) is 8.54. The second-order valence-electron chi connectivity index (χ2n) is 4.57. The Morgan fingerprint density at radius 2 is 2.28 bits per heavy atom. The minimum atomic E-state index is -0.309. The van der Waals surface area contributed by atoms with Gasteiger partial charge in [-0.05, 0) is 30.2 Å². The van der Waals surface area contributed by atoms with Gasteiger partial charge in [-0.15, -0.1) is 0 Å². The standard InChI is InChI=1S/C13H16BrFN2O/c1-2-5-17-12(18)7-11(16)13(17)9-6-8(15)3-4-10(9)14/h3-4,6,11,13H,2,5,7,16H2,1H3. The fraction of sp³-hybridized carbons (Fsp3) is 0.462. The molecule has 1 saturated heterocycles. The third-order valence-electron chi connectivity index (χ3n) is 3.21. The first kappa shape index (κ1) is 13.5. The van der Waals surface area contributed by atoms with Crippen LogP contribution in [0.15, 0.2) is 22.7 Å². The second-order valence-corrected chi connectivity index (χ2v) is 5.42. The number of rotatable bonds is 3.